The van der Waals surface area contributed by atoms with E-state index >= 15 is 0 Å². The van der Waals surface area contributed by atoms with Gasteiger partial charge in [0.05, 0.1) is 0 Å². The summed E-state index contributed by atoms with van der Waals surface area (Å²) in [6.45, 7) is 7.80. The number of hydrogen-bond acceptors (Lipinski definition) is 3. The highest BCUT2D eigenvalue weighted by molar-refractivity contribution is 5.44. The summed E-state index contributed by atoms with van der Waals surface area (Å²) in [5.74, 6) is 1.55. The summed E-state index contributed by atoms with van der Waals surface area (Å²) in [5, 5.41) is 3.31. The first-order chi connectivity index (χ1) is 6.63. The van der Waals surface area contributed by atoms with Gasteiger partial charge in [-0.1, -0.05) is 19.9 Å². The Hall–Kier alpha value is -1.09. The summed E-state index contributed by atoms with van der Waals surface area (Å²) < 4.78 is 0. The Kier molecular flexibility index (Phi) is 3.89. The maximum Gasteiger partial charge on any atom is 0.130 e. The van der Waals surface area contributed by atoms with Crippen molar-refractivity contribution in [1.82, 2.24) is 4.98 Å². The predicted octanol–water partition coefficient (Wildman–Crippen LogP) is 1.92. The van der Waals surface area contributed by atoms with E-state index in [9.17, 15) is 0 Å². The van der Waals surface area contributed by atoms with E-state index in [4.69, 9.17) is 5.73 Å². The van der Waals surface area contributed by atoms with Crippen LogP contribution in [0.25, 0.3) is 0 Å². The minimum atomic E-state index is 0.535. The molecule has 0 aromatic carbocycles. The van der Waals surface area contributed by atoms with Crippen LogP contribution >= 0.6 is 0 Å². The molecule has 0 amide bonds. The average Bonchev–Trinajstić information content (AvgIpc) is 2.15. The van der Waals surface area contributed by atoms with Crippen LogP contribution in [0, 0.1) is 12.8 Å². The van der Waals surface area contributed by atoms with Gasteiger partial charge in [0, 0.05) is 24.3 Å². The van der Waals surface area contributed by atoms with Gasteiger partial charge in [0.15, 0.2) is 0 Å². The SMILES string of the molecule is Cc1ccc(CN)c(NCC(C)C)n1. The van der Waals surface area contributed by atoms with E-state index in [1.807, 2.05) is 19.1 Å². The van der Waals surface area contributed by atoms with E-state index in [0.29, 0.717) is 12.5 Å². The number of anilines is 1. The lowest BCUT2D eigenvalue weighted by atomic mass is 10.2. The van der Waals surface area contributed by atoms with Gasteiger partial charge < -0.3 is 11.1 Å². The van der Waals surface area contributed by atoms with Gasteiger partial charge >= 0.3 is 0 Å². The number of nitrogens with one attached hydrogen (secondary N) is 1. The van der Waals surface area contributed by atoms with Crippen LogP contribution in [0.2, 0.25) is 0 Å². The van der Waals surface area contributed by atoms with Gasteiger partial charge in [0.1, 0.15) is 5.82 Å². The number of nitrogens with two attached hydrogens (primary N) is 1. The highest BCUT2D eigenvalue weighted by Crippen LogP contribution is 2.12. The minimum Gasteiger partial charge on any atom is -0.370 e. The zero-order valence-corrected chi connectivity index (χ0v) is 9.17. The Bertz CT molecular complexity index is 295. The molecule has 0 saturated carbocycles. The predicted molar refractivity (Wildman–Crippen MR) is 60.2 cm³/mol. The Morgan fingerprint density at radius 3 is 2.71 bits per heavy atom. The van der Waals surface area contributed by atoms with Crippen LogP contribution in [0.1, 0.15) is 25.1 Å². The van der Waals surface area contributed by atoms with Crippen LogP contribution in [0.15, 0.2) is 12.1 Å². The highest BCUT2D eigenvalue weighted by Gasteiger charge is 2.02. The third kappa shape index (κ3) is 3.00. The standard InChI is InChI=1S/C11H19N3/c1-8(2)7-13-11-10(6-12)5-4-9(3)14-11/h4-5,8H,6-7,12H2,1-3H3,(H,13,14). The molecule has 0 spiro atoms. The molecule has 0 atom stereocenters. The van der Waals surface area contributed by atoms with Crippen molar-refractivity contribution in [3.8, 4) is 0 Å². The molecule has 3 N–H and O–H groups in total. The lowest BCUT2D eigenvalue weighted by molar-refractivity contribution is 0.686. The molecule has 0 bridgehead atoms. The number of nitrogens with zero attached hydrogens (tertiary/aromatic N) is 1. The fourth-order valence-corrected chi connectivity index (χ4v) is 1.20. The lowest BCUT2D eigenvalue weighted by Crippen LogP contribution is -2.12. The molecule has 1 aromatic rings. The van der Waals surface area contributed by atoms with E-state index in [-0.39, 0.29) is 0 Å². The van der Waals surface area contributed by atoms with Gasteiger partial charge in [-0.15, -0.1) is 0 Å². The Morgan fingerprint density at radius 1 is 1.43 bits per heavy atom. The molecular weight excluding hydrogens is 174 g/mol. The number of hydrogen-bond donors (Lipinski definition) is 2. The minimum absolute atomic E-state index is 0.535. The second-order valence-electron chi connectivity index (χ2n) is 3.94. The van der Waals surface area contributed by atoms with Crippen molar-refractivity contribution in [2.75, 3.05) is 11.9 Å². The van der Waals surface area contributed by atoms with Crippen molar-refractivity contribution >= 4 is 5.82 Å². The number of pyridine rings is 1. The fraction of sp³-hybridized carbons (Fsp3) is 0.545. The molecule has 3 nitrogen and oxygen atoms in total. The first-order valence-corrected chi connectivity index (χ1v) is 5.04. The van der Waals surface area contributed by atoms with Crippen molar-refractivity contribution in [2.45, 2.75) is 27.3 Å². The normalized spacial score (nSPS) is 10.6. The van der Waals surface area contributed by atoms with Gasteiger partial charge in [0.25, 0.3) is 0 Å². The summed E-state index contributed by atoms with van der Waals surface area (Å²) in [6, 6.07) is 4.02. The van der Waals surface area contributed by atoms with E-state index in [1.54, 1.807) is 0 Å². The quantitative estimate of drug-likeness (QED) is 0.768. The second kappa shape index (κ2) is 4.96. The maximum atomic E-state index is 5.63. The molecule has 0 fully saturated rings. The first kappa shape index (κ1) is 11.0. The van der Waals surface area contributed by atoms with Crippen LogP contribution < -0.4 is 11.1 Å². The monoisotopic (exact) mass is 193 g/mol. The number of rotatable bonds is 4. The summed E-state index contributed by atoms with van der Waals surface area (Å²) in [7, 11) is 0. The van der Waals surface area contributed by atoms with Gasteiger partial charge in [-0.2, -0.15) is 0 Å². The average molecular weight is 193 g/mol. The summed E-state index contributed by atoms with van der Waals surface area (Å²) in [5.41, 5.74) is 7.73. The van der Waals surface area contributed by atoms with E-state index in [1.165, 1.54) is 0 Å². The van der Waals surface area contributed by atoms with Gasteiger partial charge in [0.2, 0.25) is 0 Å². The molecule has 0 radical (unpaired) electrons. The molecule has 0 unspecified atom stereocenters. The van der Waals surface area contributed by atoms with Gasteiger partial charge in [-0.05, 0) is 18.9 Å². The first-order valence-electron chi connectivity index (χ1n) is 5.04. The van der Waals surface area contributed by atoms with E-state index in [0.717, 1.165) is 23.6 Å². The largest absolute Gasteiger partial charge is 0.370 e. The molecule has 0 aliphatic rings. The molecule has 78 valence electrons. The summed E-state index contributed by atoms with van der Waals surface area (Å²) in [4.78, 5) is 4.42. The second-order valence-corrected chi connectivity index (χ2v) is 3.94. The highest BCUT2D eigenvalue weighted by atomic mass is 15.0. The van der Waals surface area contributed by atoms with Crippen LogP contribution in [-0.4, -0.2) is 11.5 Å². The smallest absolute Gasteiger partial charge is 0.130 e. The molecule has 1 aromatic heterocycles. The Balaban J connectivity index is 2.77. The van der Waals surface area contributed by atoms with Gasteiger partial charge in [-0.3, -0.25) is 0 Å². The van der Waals surface area contributed by atoms with Crippen LogP contribution in [0.5, 0.6) is 0 Å². The zero-order valence-electron chi connectivity index (χ0n) is 9.17. The molecule has 1 heterocycles. The fourth-order valence-electron chi connectivity index (χ4n) is 1.20. The van der Waals surface area contributed by atoms with Crippen molar-refractivity contribution in [3.05, 3.63) is 23.4 Å². The molecule has 3 heteroatoms. The van der Waals surface area contributed by atoms with Gasteiger partial charge in [-0.25, -0.2) is 4.98 Å². The molecule has 14 heavy (non-hydrogen) atoms. The number of aryl methyl sites for hydroxylation is 1. The molecule has 0 aliphatic carbocycles. The van der Waals surface area contributed by atoms with Crippen molar-refractivity contribution in [3.63, 3.8) is 0 Å². The lowest BCUT2D eigenvalue weighted by Gasteiger charge is -2.12. The topological polar surface area (TPSA) is 50.9 Å². The van der Waals surface area contributed by atoms with Crippen molar-refractivity contribution in [2.24, 2.45) is 11.7 Å². The summed E-state index contributed by atoms with van der Waals surface area (Å²) in [6.07, 6.45) is 0. The molecular formula is C11H19N3. The molecule has 1 rings (SSSR count). The molecule has 0 aliphatic heterocycles. The van der Waals surface area contributed by atoms with E-state index < -0.39 is 0 Å². The van der Waals surface area contributed by atoms with Crippen LogP contribution in [-0.2, 0) is 6.54 Å². The molecule has 0 saturated heterocycles. The summed E-state index contributed by atoms with van der Waals surface area (Å²) >= 11 is 0. The van der Waals surface area contributed by atoms with Crippen LogP contribution in [0.3, 0.4) is 0 Å². The Morgan fingerprint density at radius 2 is 2.14 bits per heavy atom. The van der Waals surface area contributed by atoms with E-state index in [2.05, 4.69) is 24.1 Å². The van der Waals surface area contributed by atoms with Crippen molar-refractivity contribution in [1.29, 1.82) is 0 Å². The zero-order chi connectivity index (χ0) is 10.6. The number of aromatic nitrogens is 1. The van der Waals surface area contributed by atoms with Crippen LogP contribution in [0.4, 0.5) is 5.82 Å². The van der Waals surface area contributed by atoms with Crippen molar-refractivity contribution < 1.29 is 0 Å². The maximum absolute atomic E-state index is 5.63. The third-order valence-electron chi connectivity index (χ3n) is 2.02. The third-order valence-corrected chi connectivity index (χ3v) is 2.02. The Labute approximate surface area is 85.7 Å².